The molecule has 0 bridgehead atoms. The molecule has 6 nitrogen and oxygen atoms in total. The van der Waals surface area contributed by atoms with Crippen LogP contribution in [0.15, 0.2) is 40.9 Å². The van der Waals surface area contributed by atoms with Crippen LogP contribution < -0.4 is 14.8 Å². The Hall–Kier alpha value is -2.22. The lowest BCUT2D eigenvalue weighted by Crippen LogP contribution is -2.22. The van der Waals surface area contributed by atoms with Crippen molar-refractivity contribution in [3.63, 3.8) is 0 Å². The molecule has 0 atom stereocenters. The van der Waals surface area contributed by atoms with E-state index in [0.717, 1.165) is 11.1 Å². The largest absolute Gasteiger partial charge is 0.493 e. The van der Waals surface area contributed by atoms with Crippen LogP contribution in [0.2, 0.25) is 10.0 Å². The van der Waals surface area contributed by atoms with Crippen molar-refractivity contribution in [2.45, 2.75) is 19.4 Å². The quantitative estimate of drug-likeness (QED) is 0.329. The molecule has 0 saturated carbocycles. The van der Waals surface area contributed by atoms with Gasteiger partial charge in [-0.2, -0.15) is 0 Å². The Morgan fingerprint density at radius 1 is 1.20 bits per heavy atom. The maximum atomic E-state index is 11.8. The van der Waals surface area contributed by atoms with Crippen LogP contribution in [0.25, 0.3) is 6.08 Å². The van der Waals surface area contributed by atoms with Crippen molar-refractivity contribution in [2.75, 3.05) is 13.7 Å². The number of methoxy groups -OCH3 is 1. The van der Waals surface area contributed by atoms with E-state index in [9.17, 15) is 9.59 Å². The SMILES string of the molecule is COc1cc(/C=C/C(=O)NCCCC(=O)O)cc(Br)c1OCc1ccc(Cl)c(Cl)c1. The number of carboxylic acids is 1. The molecule has 0 heterocycles. The summed E-state index contributed by atoms with van der Waals surface area (Å²) in [7, 11) is 1.52. The zero-order chi connectivity index (χ0) is 22.1. The topological polar surface area (TPSA) is 84.9 Å². The third kappa shape index (κ3) is 7.55. The van der Waals surface area contributed by atoms with E-state index in [4.69, 9.17) is 37.8 Å². The number of hydrogen-bond acceptors (Lipinski definition) is 4. The van der Waals surface area contributed by atoms with Gasteiger partial charge in [0.05, 0.1) is 21.6 Å². The second-order valence-electron chi connectivity index (χ2n) is 6.19. The molecule has 0 unspecified atom stereocenters. The number of ether oxygens (including phenoxy) is 2. The highest BCUT2D eigenvalue weighted by atomic mass is 79.9. The highest BCUT2D eigenvalue weighted by Gasteiger charge is 2.12. The van der Waals surface area contributed by atoms with Crippen LogP contribution in [0.3, 0.4) is 0 Å². The minimum atomic E-state index is -0.891. The van der Waals surface area contributed by atoms with Gasteiger partial charge in [0.25, 0.3) is 0 Å². The molecule has 1 amide bonds. The molecule has 0 radical (unpaired) electrons. The summed E-state index contributed by atoms with van der Waals surface area (Å²) in [6.45, 7) is 0.559. The van der Waals surface area contributed by atoms with Crippen molar-refractivity contribution in [2.24, 2.45) is 0 Å². The van der Waals surface area contributed by atoms with Gasteiger partial charge in [-0.1, -0.05) is 29.3 Å². The smallest absolute Gasteiger partial charge is 0.303 e. The minimum Gasteiger partial charge on any atom is -0.493 e. The fourth-order valence-electron chi connectivity index (χ4n) is 2.44. The van der Waals surface area contributed by atoms with Crippen molar-refractivity contribution in [3.8, 4) is 11.5 Å². The van der Waals surface area contributed by atoms with E-state index in [-0.39, 0.29) is 18.9 Å². The Bertz CT molecular complexity index is 949. The number of aliphatic carboxylic acids is 1. The van der Waals surface area contributed by atoms with Crippen LogP contribution in [0.1, 0.15) is 24.0 Å². The first-order valence-corrected chi connectivity index (χ1v) is 10.5. The van der Waals surface area contributed by atoms with Gasteiger partial charge in [0.1, 0.15) is 6.61 Å². The molecule has 2 N–H and O–H groups in total. The van der Waals surface area contributed by atoms with Gasteiger partial charge in [0.15, 0.2) is 11.5 Å². The summed E-state index contributed by atoms with van der Waals surface area (Å²) < 4.78 is 12.0. The van der Waals surface area contributed by atoms with E-state index >= 15 is 0 Å². The standard InChI is InChI=1S/C21H20BrCl2NO5/c1-29-18-11-13(5-7-19(26)25-8-2-3-20(27)28)9-15(22)21(18)30-12-14-4-6-16(23)17(24)10-14/h4-7,9-11H,2-3,8,12H2,1H3,(H,25,26)(H,27,28)/b7-5+. The van der Waals surface area contributed by atoms with Gasteiger partial charge in [0.2, 0.25) is 5.91 Å². The van der Waals surface area contributed by atoms with Gasteiger partial charge in [-0.15, -0.1) is 0 Å². The van der Waals surface area contributed by atoms with E-state index in [2.05, 4.69) is 21.2 Å². The maximum absolute atomic E-state index is 11.8. The molecular formula is C21H20BrCl2NO5. The Kier molecular flexibility index (Phi) is 9.49. The predicted octanol–water partition coefficient (Wildman–Crippen LogP) is 5.34. The Morgan fingerprint density at radius 2 is 1.97 bits per heavy atom. The number of halogens is 3. The van der Waals surface area contributed by atoms with Gasteiger partial charge >= 0.3 is 5.97 Å². The summed E-state index contributed by atoms with van der Waals surface area (Å²) >= 11 is 15.4. The fraction of sp³-hybridized carbons (Fsp3) is 0.238. The van der Waals surface area contributed by atoms with Crippen LogP contribution in [-0.2, 0) is 16.2 Å². The first-order valence-electron chi connectivity index (χ1n) is 8.92. The van der Waals surface area contributed by atoms with Gasteiger partial charge in [0, 0.05) is 19.0 Å². The van der Waals surface area contributed by atoms with Crippen LogP contribution in [-0.4, -0.2) is 30.6 Å². The summed E-state index contributed by atoms with van der Waals surface area (Å²) in [5.74, 6) is -0.196. The van der Waals surface area contributed by atoms with E-state index in [0.29, 0.717) is 39.0 Å². The molecule has 0 fully saturated rings. The zero-order valence-corrected chi connectivity index (χ0v) is 19.2. The summed E-state index contributed by atoms with van der Waals surface area (Å²) in [6.07, 6.45) is 3.39. The average molecular weight is 517 g/mol. The highest BCUT2D eigenvalue weighted by Crippen LogP contribution is 2.37. The number of carboxylic acid groups (broad SMARTS) is 1. The third-order valence-corrected chi connectivity index (χ3v) is 5.24. The maximum Gasteiger partial charge on any atom is 0.303 e. The van der Waals surface area contributed by atoms with Crippen molar-refractivity contribution in [1.29, 1.82) is 0 Å². The Labute approximate surface area is 192 Å². The highest BCUT2D eigenvalue weighted by molar-refractivity contribution is 9.10. The van der Waals surface area contributed by atoms with E-state index in [1.54, 1.807) is 30.3 Å². The first-order chi connectivity index (χ1) is 14.3. The molecule has 30 heavy (non-hydrogen) atoms. The monoisotopic (exact) mass is 515 g/mol. The van der Waals surface area contributed by atoms with Gasteiger partial charge in [-0.3, -0.25) is 9.59 Å². The molecule has 2 rings (SSSR count). The Morgan fingerprint density at radius 3 is 2.63 bits per heavy atom. The number of hydrogen-bond donors (Lipinski definition) is 2. The summed E-state index contributed by atoms with van der Waals surface area (Å²) in [5.41, 5.74) is 1.57. The lowest BCUT2D eigenvalue weighted by atomic mass is 10.2. The number of benzene rings is 2. The first kappa shape index (κ1) is 24.1. The molecule has 9 heteroatoms. The van der Waals surface area contributed by atoms with Crippen molar-refractivity contribution in [1.82, 2.24) is 5.32 Å². The molecule has 0 aromatic heterocycles. The van der Waals surface area contributed by atoms with Gasteiger partial charge in [-0.05, 0) is 63.8 Å². The van der Waals surface area contributed by atoms with Crippen molar-refractivity contribution < 1.29 is 24.2 Å². The number of carbonyl (C=O) groups excluding carboxylic acids is 1. The fourth-order valence-corrected chi connectivity index (χ4v) is 3.34. The molecule has 2 aromatic carbocycles. The van der Waals surface area contributed by atoms with E-state index in [1.165, 1.54) is 13.2 Å². The van der Waals surface area contributed by atoms with Crippen LogP contribution in [0.5, 0.6) is 11.5 Å². The average Bonchev–Trinajstić information content (AvgIpc) is 2.70. The lowest BCUT2D eigenvalue weighted by molar-refractivity contribution is -0.137. The van der Waals surface area contributed by atoms with Crippen molar-refractivity contribution in [3.05, 3.63) is 62.1 Å². The molecular weight excluding hydrogens is 497 g/mol. The summed E-state index contributed by atoms with van der Waals surface area (Å²) in [4.78, 5) is 22.3. The third-order valence-electron chi connectivity index (χ3n) is 3.91. The lowest BCUT2D eigenvalue weighted by Gasteiger charge is -2.14. The summed E-state index contributed by atoms with van der Waals surface area (Å²) in [6, 6.07) is 8.79. The Balaban J connectivity index is 2.02. The van der Waals surface area contributed by atoms with Crippen LogP contribution >= 0.6 is 39.1 Å². The minimum absolute atomic E-state index is 0.0117. The normalized spacial score (nSPS) is 10.8. The van der Waals surface area contributed by atoms with Crippen molar-refractivity contribution >= 4 is 57.1 Å². The molecule has 0 aliphatic heterocycles. The zero-order valence-electron chi connectivity index (χ0n) is 16.1. The molecule has 0 spiro atoms. The predicted molar refractivity (Wildman–Crippen MR) is 120 cm³/mol. The van der Waals surface area contributed by atoms with Gasteiger partial charge < -0.3 is 19.9 Å². The number of amides is 1. The molecule has 160 valence electrons. The second-order valence-corrected chi connectivity index (χ2v) is 7.86. The van der Waals surface area contributed by atoms with E-state index in [1.807, 2.05) is 6.07 Å². The second kappa shape index (κ2) is 11.8. The molecule has 2 aromatic rings. The van der Waals surface area contributed by atoms with Gasteiger partial charge in [-0.25, -0.2) is 0 Å². The molecule has 0 saturated heterocycles. The van der Waals surface area contributed by atoms with Crippen LogP contribution in [0.4, 0.5) is 0 Å². The number of carbonyl (C=O) groups is 2. The summed E-state index contributed by atoms with van der Waals surface area (Å²) in [5, 5.41) is 12.1. The van der Waals surface area contributed by atoms with Crippen LogP contribution in [0, 0.1) is 0 Å². The molecule has 0 aliphatic carbocycles. The molecule has 0 aliphatic rings. The van der Waals surface area contributed by atoms with E-state index < -0.39 is 5.97 Å². The number of nitrogens with one attached hydrogen (secondary N) is 1. The number of rotatable bonds is 10.